The molecule has 0 aliphatic heterocycles. The molecule has 0 saturated carbocycles. The molecule has 2 rings (SSSR count). The van der Waals surface area contributed by atoms with E-state index in [1.165, 1.54) is 29.5 Å². The largest absolute Gasteiger partial charge is 0.416 e. The first-order valence-corrected chi connectivity index (χ1v) is 8.90. The van der Waals surface area contributed by atoms with Gasteiger partial charge in [0.1, 0.15) is 25.3 Å². The Bertz CT molecular complexity index is 963. The summed E-state index contributed by atoms with van der Waals surface area (Å²) in [5, 5.41) is 14.6. The molecule has 10 heteroatoms. The maximum Gasteiger partial charge on any atom is 0.416 e. The SMILES string of the molecule is C=C=C(/C=C\C(=C)Cl)C(O)CN(C(=O)Cn1cncn1)c1ccc(C(F)(F)F)cc1. The Balaban J connectivity index is 2.32. The summed E-state index contributed by atoms with van der Waals surface area (Å²) < 4.78 is 39.8. The van der Waals surface area contributed by atoms with Gasteiger partial charge in [0.2, 0.25) is 5.91 Å². The number of carbonyl (C=O) groups is 1. The van der Waals surface area contributed by atoms with Crippen LogP contribution >= 0.6 is 11.6 Å². The normalized spacial score (nSPS) is 12.4. The van der Waals surface area contributed by atoms with Gasteiger partial charge < -0.3 is 10.0 Å². The average Bonchev–Trinajstić information content (AvgIpc) is 3.18. The van der Waals surface area contributed by atoms with Crippen molar-refractivity contribution in [3.63, 3.8) is 0 Å². The Morgan fingerprint density at radius 1 is 1.33 bits per heavy atom. The van der Waals surface area contributed by atoms with Gasteiger partial charge in [0.15, 0.2) is 0 Å². The van der Waals surface area contributed by atoms with Gasteiger partial charge in [-0.1, -0.05) is 24.8 Å². The standard InChI is InChI=1S/C20H18ClF3N4O2/c1-3-15(5-4-14(2)21)18(29)10-28(19(30)11-27-13-25-12-26-27)17-8-6-16(7-9-17)20(22,23)24/h4-9,12-13,18,29H,1-2,10-11H2/b5-4-. The number of anilines is 1. The lowest BCUT2D eigenvalue weighted by atomic mass is 10.1. The van der Waals surface area contributed by atoms with Gasteiger partial charge in [-0.25, -0.2) is 9.67 Å². The molecule has 1 amide bonds. The summed E-state index contributed by atoms with van der Waals surface area (Å²) in [5.41, 5.74) is 2.08. The number of rotatable bonds is 8. The van der Waals surface area contributed by atoms with Crippen LogP contribution in [-0.2, 0) is 17.5 Å². The number of nitrogens with zero attached hydrogens (tertiary/aromatic N) is 4. The zero-order valence-corrected chi connectivity index (χ0v) is 16.4. The predicted molar refractivity (Wildman–Crippen MR) is 107 cm³/mol. The van der Waals surface area contributed by atoms with Crippen LogP contribution in [0.3, 0.4) is 0 Å². The van der Waals surface area contributed by atoms with Crippen LogP contribution in [0.25, 0.3) is 0 Å². The highest BCUT2D eigenvalue weighted by molar-refractivity contribution is 6.30. The van der Waals surface area contributed by atoms with Crippen LogP contribution in [0.4, 0.5) is 18.9 Å². The van der Waals surface area contributed by atoms with Crippen molar-refractivity contribution in [2.45, 2.75) is 18.8 Å². The first-order chi connectivity index (χ1) is 14.1. The molecule has 1 N–H and O–H groups in total. The fourth-order valence-electron chi connectivity index (χ4n) is 2.46. The third-order valence-corrected chi connectivity index (χ3v) is 4.06. The maximum atomic E-state index is 12.9. The molecule has 0 fully saturated rings. The Labute approximate surface area is 175 Å². The number of alkyl halides is 3. The topological polar surface area (TPSA) is 71.2 Å². The monoisotopic (exact) mass is 438 g/mol. The van der Waals surface area contributed by atoms with Crippen LogP contribution in [0.1, 0.15) is 5.56 Å². The van der Waals surface area contributed by atoms with Crippen molar-refractivity contribution in [2.75, 3.05) is 11.4 Å². The number of aliphatic hydroxyl groups is 1. The molecule has 0 radical (unpaired) electrons. The van der Waals surface area contributed by atoms with E-state index in [2.05, 4.69) is 29.0 Å². The Kier molecular flexibility index (Phi) is 7.77. The minimum atomic E-state index is -4.51. The summed E-state index contributed by atoms with van der Waals surface area (Å²) in [5.74, 6) is -0.520. The van der Waals surface area contributed by atoms with Gasteiger partial charge >= 0.3 is 6.18 Å². The molecule has 0 spiro atoms. The second kappa shape index (κ2) is 10.1. The molecular weight excluding hydrogens is 421 g/mol. The van der Waals surface area contributed by atoms with Crippen molar-refractivity contribution in [1.29, 1.82) is 0 Å². The summed E-state index contributed by atoms with van der Waals surface area (Å²) >= 11 is 5.67. The first-order valence-electron chi connectivity index (χ1n) is 8.52. The lowest BCUT2D eigenvalue weighted by molar-refractivity contribution is -0.137. The van der Waals surface area contributed by atoms with Gasteiger partial charge in [0, 0.05) is 16.3 Å². The highest BCUT2D eigenvalue weighted by atomic mass is 35.5. The number of amides is 1. The molecule has 0 bridgehead atoms. The number of carbonyl (C=O) groups excluding carboxylic acids is 1. The summed E-state index contributed by atoms with van der Waals surface area (Å²) in [6.45, 7) is 6.48. The average molecular weight is 439 g/mol. The molecule has 1 unspecified atom stereocenters. The minimum absolute atomic E-state index is 0.168. The fraction of sp³-hybridized carbons (Fsp3) is 0.200. The number of hydrogen-bond acceptors (Lipinski definition) is 4. The van der Waals surface area contributed by atoms with Gasteiger partial charge in [0.25, 0.3) is 0 Å². The molecule has 1 heterocycles. The van der Waals surface area contributed by atoms with Crippen LogP contribution in [0.2, 0.25) is 0 Å². The molecular formula is C20H18ClF3N4O2. The van der Waals surface area contributed by atoms with E-state index < -0.39 is 23.8 Å². The molecule has 30 heavy (non-hydrogen) atoms. The lowest BCUT2D eigenvalue weighted by Crippen LogP contribution is -2.40. The molecule has 1 atom stereocenters. The molecule has 2 aromatic rings. The van der Waals surface area contributed by atoms with Crippen LogP contribution < -0.4 is 4.90 Å². The Morgan fingerprint density at radius 3 is 2.50 bits per heavy atom. The van der Waals surface area contributed by atoms with Crippen molar-refractivity contribution >= 4 is 23.2 Å². The third-order valence-electron chi connectivity index (χ3n) is 3.93. The number of allylic oxidation sites excluding steroid dienone is 2. The Hall–Kier alpha value is -3.13. The van der Waals surface area contributed by atoms with Crippen molar-refractivity contribution in [2.24, 2.45) is 0 Å². The van der Waals surface area contributed by atoms with Crippen LogP contribution in [-0.4, -0.2) is 38.4 Å². The van der Waals surface area contributed by atoms with E-state index in [-0.39, 0.29) is 29.4 Å². The summed E-state index contributed by atoms with van der Waals surface area (Å²) in [4.78, 5) is 17.7. The summed E-state index contributed by atoms with van der Waals surface area (Å²) in [7, 11) is 0. The molecule has 0 saturated heterocycles. The van der Waals surface area contributed by atoms with Gasteiger partial charge in [-0.2, -0.15) is 18.3 Å². The fourth-order valence-corrected chi connectivity index (χ4v) is 2.52. The zero-order chi connectivity index (χ0) is 22.3. The van der Waals surface area contributed by atoms with Crippen LogP contribution in [0.15, 0.2) is 78.6 Å². The second-order valence-corrected chi connectivity index (χ2v) is 6.56. The van der Waals surface area contributed by atoms with Crippen molar-refractivity contribution in [3.8, 4) is 0 Å². The Morgan fingerprint density at radius 2 is 2.00 bits per heavy atom. The molecule has 6 nitrogen and oxygen atoms in total. The van der Waals surface area contributed by atoms with Crippen molar-refractivity contribution in [3.05, 3.63) is 84.1 Å². The van der Waals surface area contributed by atoms with E-state index in [0.717, 1.165) is 29.2 Å². The van der Waals surface area contributed by atoms with E-state index in [1.54, 1.807) is 0 Å². The molecule has 158 valence electrons. The molecule has 0 aliphatic rings. The zero-order valence-electron chi connectivity index (χ0n) is 15.7. The number of benzene rings is 1. The highest BCUT2D eigenvalue weighted by Crippen LogP contribution is 2.30. The number of aliphatic hydroxyl groups excluding tert-OH is 1. The smallest absolute Gasteiger partial charge is 0.386 e. The lowest BCUT2D eigenvalue weighted by Gasteiger charge is -2.26. The predicted octanol–water partition coefficient (Wildman–Crippen LogP) is 3.71. The van der Waals surface area contributed by atoms with E-state index in [0.29, 0.717) is 0 Å². The van der Waals surface area contributed by atoms with E-state index in [4.69, 9.17) is 11.6 Å². The summed E-state index contributed by atoms with van der Waals surface area (Å²) in [6, 6.07) is 4.03. The van der Waals surface area contributed by atoms with Gasteiger partial charge in [-0.15, -0.1) is 5.73 Å². The van der Waals surface area contributed by atoms with E-state index >= 15 is 0 Å². The number of aromatic nitrogens is 3. The summed E-state index contributed by atoms with van der Waals surface area (Å²) in [6.07, 6.45) is -0.341. The highest BCUT2D eigenvalue weighted by Gasteiger charge is 2.30. The second-order valence-electron chi connectivity index (χ2n) is 6.07. The molecule has 1 aromatic carbocycles. The number of hydrogen-bond donors (Lipinski definition) is 1. The third kappa shape index (κ3) is 6.45. The molecule has 0 aliphatic carbocycles. The molecule has 1 aromatic heterocycles. The maximum absolute atomic E-state index is 12.9. The van der Waals surface area contributed by atoms with Gasteiger partial charge in [-0.05, 0) is 36.4 Å². The van der Waals surface area contributed by atoms with Gasteiger partial charge in [-0.3, -0.25) is 4.79 Å². The van der Waals surface area contributed by atoms with Gasteiger partial charge in [0.05, 0.1) is 12.1 Å². The van der Waals surface area contributed by atoms with Crippen LogP contribution in [0, 0.1) is 0 Å². The quantitative estimate of drug-likeness (QED) is 0.504. The van der Waals surface area contributed by atoms with Crippen LogP contribution in [0.5, 0.6) is 0 Å². The van der Waals surface area contributed by atoms with E-state index in [9.17, 15) is 23.1 Å². The minimum Gasteiger partial charge on any atom is -0.386 e. The van der Waals surface area contributed by atoms with E-state index in [1.807, 2.05) is 0 Å². The first kappa shape index (κ1) is 23.2. The number of halogens is 4. The van der Waals surface area contributed by atoms with Crippen molar-refractivity contribution < 1.29 is 23.1 Å². The van der Waals surface area contributed by atoms with Crippen molar-refractivity contribution in [1.82, 2.24) is 14.8 Å².